The predicted octanol–water partition coefficient (Wildman–Crippen LogP) is 0.229. The highest BCUT2D eigenvalue weighted by Gasteiger charge is 2.22. The van der Waals surface area contributed by atoms with Gasteiger partial charge in [-0.2, -0.15) is 0 Å². The van der Waals surface area contributed by atoms with Crippen LogP contribution in [0.5, 0.6) is 0 Å². The Morgan fingerprint density at radius 2 is 2.00 bits per heavy atom. The summed E-state index contributed by atoms with van der Waals surface area (Å²) in [5.41, 5.74) is 6.87. The Morgan fingerprint density at radius 1 is 1.36 bits per heavy atom. The molecule has 3 nitrogen and oxygen atoms in total. The third-order valence-corrected chi connectivity index (χ3v) is 1.94. The summed E-state index contributed by atoms with van der Waals surface area (Å²) in [6.45, 7) is 1.95. The van der Waals surface area contributed by atoms with Gasteiger partial charge in [0.2, 0.25) is 0 Å². The lowest BCUT2D eigenvalue weighted by molar-refractivity contribution is 0.519. The molecule has 0 atom stereocenters. The predicted molar refractivity (Wildman–Crippen MR) is 44.4 cm³/mol. The van der Waals surface area contributed by atoms with E-state index in [-0.39, 0.29) is 0 Å². The Balaban J connectivity index is 2.08. The van der Waals surface area contributed by atoms with E-state index in [0.717, 1.165) is 13.1 Å². The summed E-state index contributed by atoms with van der Waals surface area (Å²) in [6.07, 6.45) is 3.61. The smallest absolute Gasteiger partial charge is 0.0398 e. The molecule has 0 radical (unpaired) electrons. The normalized spacial score (nSPS) is 18.1. The van der Waals surface area contributed by atoms with Crippen molar-refractivity contribution in [3.8, 4) is 0 Å². The molecule has 3 heteroatoms. The van der Waals surface area contributed by atoms with Gasteiger partial charge in [0.25, 0.3) is 0 Å². The van der Waals surface area contributed by atoms with Crippen LogP contribution in [0.4, 0.5) is 5.69 Å². The third kappa shape index (κ3) is 1.19. The molecule has 1 aromatic heterocycles. The maximum atomic E-state index is 5.65. The zero-order valence-corrected chi connectivity index (χ0v) is 6.27. The summed E-state index contributed by atoms with van der Waals surface area (Å²) < 4.78 is 0. The van der Waals surface area contributed by atoms with Crippen molar-refractivity contribution >= 4 is 5.69 Å². The molecule has 2 heterocycles. The van der Waals surface area contributed by atoms with E-state index in [1.165, 1.54) is 5.69 Å². The van der Waals surface area contributed by atoms with Crippen LogP contribution in [0.25, 0.3) is 0 Å². The van der Waals surface area contributed by atoms with Crippen molar-refractivity contribution in [2.45, 2.75) is 6.04 Å². The quantitative estimate of drug-likeness (QED) is 0.621. The molecule has 0 unspecified atom stereocenters. The van der Waals surface area contributed by atoms with Crippen LogP contribution < -0.4 is 10.6 Å². The number of hydrogen-bond donors (Lipinski definition) is 1. The first-order valence-electron chi connectivity index (χ1n) is 3.77. The fraction of sp³-hybridized carbons (Fsp3) is 0.375. The SMILES string of the molecule is NC1CN(c2ccncc2)C1. The zero-order valence-electron chi connectivity index (χ0n) is 6.27. The van der Waals surface area contributed by atoms with Gasteiger partial charge in [0.1, 0.15) is 0 Å². The van der Waals surface area contributed by atoms with Crippen LogP contribution in [0.1, 0.15) is 0 Å². The summed E-state index contributed by atoms with van der Waals surface area (Å²) in [7, 11) is 0. The van der Waals surface area contributed by atoms with Gasteiger partial charge in [-0.05, 0) is 12.1 Å². The van der Waals surface area contributed by atoms with Gasteiger partial charge in [-0.1, -0.05) is 0 Å². The van der Waals surface area contributed by atoms with Gasteiger partial charge in [0.05, 0.1) is 0 Å². The van der Waals surface area contributed by atoms with Crippen LogP contribution in [0.15, 0.2) is 24.5 Å². The van der Waals surface area contributed by atoms with Gasteiger partial charge in [0, 0.05) is 37.2 Å². The number of rotatable bonds is 1. The Hall–Kier alpha value is -1.09. The lowest BCUT2D eigenvalue weighted by Gasteiger charge is -2.38. The monoisotopic (exact) mass is 149 g/mol. The van der Waals surface area contributed by atoms with E-state index in [9.17, 15) is 0 Å². The highest BCUT2D eigenvalue weighted by atomic mass is 15.2. The van der Waals surface area contributed by atoms with Gasteiger partial charge >= 0.3 is 0 Å². The first kappa shape index (κ1) is 6.61. The molecule has 1 saturated heterocycles. The molecule has 2 N–H and O–H groups in total. The van der Waals surface area contributed by atoms with Crippen LogP contribution >= 0.6 is 0 Å². The topological polar surface area (TPSA) is 42.1 Å². The highest BCUT2D eigenvalue weighted by molar-refractivity contribution is 5.47. The highest BCUT2D eigenvalue weighted by Crippen LogP contribution is 2.17. The molecular weight excluding hydrogens is 138 g/mol. The average Bonchev–Trinajstić information content (AvgIpc) is 2.01. The van der Waals surface area contributed by atoms with E-state index in [2.05, 4.69) is 9.88 Å². The molecule has 0 saturated carbocycles. The van der Waals surface area contributed by atoms with Gasteiger partial charge in [-0.25, -0.2) is 0 Å². The van der Waals surface area contributed by atoms with Crippen molar-refractivity contribution < 1.29 is 0 Å². The second-order valence-corrected chi connectivity index (χ2v) is 2.87. The van der Waals surface area contributed by atoms with Crippen LogP contribution in [0, 0.1) is 0 Å². The lowest BCUT2D eigenvalue weighted by Crippen LogP contribution is -2.55. The first-order valence-corrected chi connectivity index (χ1v) is 3.77. The standard InChI is InChI=1S/C8H11N3/c9-7-5-11(6-7)8-1-3-10-4-2-8/h1-4,7H,5-6,9H2. The molecule has 0 amide bonds. The molecule has 1 aliphatic rings. The minimum atomic E-state index is 0.364. The summed E-state index contributed by atoms with van der Waals surface area (Å²) in [6, 6.07) is 4.38. The number of pyridine rings is 1. The second kappa shape index (κ2) is 2.51. The van der Waals surface area contributed by atoms with Crippen molar-refractivity contribution in [3.05, 3.63) is 24.5 Å². The minimum absolute atomic E-state index is 0.364. The van der Waals surface area contributed by atoms with E-state index in [4.69, 9.17) is 5.73 Å². The Kier molecular flexibility index (Phi) is 1.51. The van der Waals surface area contributed by atoms with Gasteiger partial charge in [-0.3, -0.25) is 4.98 Å². The van der Waals surface area contributed by atoms with Crippen molar-refractivity contribution in [3.63, 3.8) is 0 Å². The van der Waals surface area contributed by atoms with Crippen LogP contribution in [-0.2, 0) is 0 Å². The molecule has 0 aromatic carbocycles. The average molecular weight is 149 g/mol. The number of anilines is 1. The van der Waals surface area contributed by atoms with E-state index in [1.54, 1.807) is 12.4 Å². The lowest BCUT2D eigenvalue weighted by atomic mass is 10.1. The number of nitrogens with two attached hydrogens (primary N) is 1. The molecule has 1 aliphatic heterocycles. The van der Waals surface area contributed by atoms with Gasteiger partial charge in [0.15, 0.2) is 0 Å². The number of aromatic nitrogens is 1. The van der Waals surface area contributed by atoms with Crippen LogP contribution in [-0.4, -0.2) is 24.1 Å². The van der Waals surface area contributed by atoms with Crippen molar-refractivity contribution in [1.29, 1.82) is 0 Å². The van der Waals surface area contributed by atoms with Crippen molar-refractivity contribution in [1.82, 2.24) is 4.98 Å². The van der Waals surface area contributed by atoms with Crippen molar-refractivity contribution in [2.75, 3.05) is 18.0 Å². The molecule has 1 fully saturated rings. The zero-order chi connectivity index (χ0) is 7.68. The maximum absolute atomic E-state index is 5.65. The molecule has 1 aromatic rings. The molecule has 0 spiro atoms. The second-order valence-electron chi connectivity index (χ2n) is 2.87. The summed E-state index contributed by atoms with van der Waals surface area (Å²) in [5.74, 6) is 0. The Bertz CT molecular complexity index is 228. The first-order chi connectivity index (χ1) is 5.36. The summed E-state index contributed by atoms with van der Waals surface area (Å²) in [4.78, 5) is 6.19. The Morgan fingerprint density at radius 3 is 2.55 bits per heavy atom. The van der Waals surface area contributed by atoms with Crippen LogP contribution in [0.3, 0.4) is 0 Å². The molecular formula is C8H11N3. The Labute approximate surface area is 65.8 Å². The number of hydrogen-bond acceptors (Lipinski definition) is 3. The van der Waals surface area contributed by atoms with Crippen molar-refractivity contribution in [2.24, 2.45) is 5.73 Å². The fourth-order valence-electron chi connectivity index (χ4n) is 1.28. The molecule has 2 rings (SSSR count). The van der Waals surface area contributed by atoms with E-state index in [0.29, 0.717) is 6.04 Å². The van der Waals surface area contributed by atoms with Gasteiger partial charge in [-0.15, -0.1) is 0 Å². The minimum Gasteiger partial charge on any atom is -0.368 e. The van der Waals surface area contributed by atoms with Gasteiger partial charge < -0.3 is 10.6 Å². The van der Waals surface area contributed by atoms with E-state index in [1.807, 2.05) is 12.1 Å². The molecule has 0 bridgehead atoms. The largest absolute Gasteiger partial charge is 0.368 e. The fourth-order valence-corrected chi connectivity index (χ4v) is 1.28. The molecule has 0 aliphatic carbocycles. The number of nitrogens with zero attached hydrogens (tertiary/aromatic N) is 2. The van der Waals surface area contributed by atoms with Crippen LogP contribution in [0.2, 0.25) is 0 Å². The molecule has 58 valence electrons. The summed E-state index contributed by atoms with van der Waals surface area (Å²) >= 11 is 0. The summed E-state index contributed by atoms with van der Waals surface area (Å²) in [5, 5.41) is 0. The van der Waals surface area contributed by atoms with E-state index >= 15 is 0 Å². The third-order valence-electron chi connectivity index (χ3n) is 1.94. The maximum Gasteiger partial charge on any atom is 0.0398 e. The van der Waals surface area contributed by atoms with E-state index < -0.39 is 0 Å². The molecule has 11 heavy (non-hydrogen) atoms.